The number of primary amides is 1. The van der Waals surface area contributed by atoms with E-state index >= 15 is 0 Å². The molecule has 0 bridgehead atoms. The summed E-state index contributed by atoms with van der Waals surface area (Å²) in [5.74, 6) is 7.67. The highest BCUT2D eigenvalue weighted by molar-refractivity contribution is 5.91. The second-order valence-corrected chi connectivity index (χ2v) is 1.99. The number of amides is 1. The molecule has 0 saturated heterocycles. The highest BCUT2D eigenvalue weighted by Gasteiger charge is 1.96. The van der Waals surface area contributed by atoms with E-state index < -0.39 is 0 Å². The van der Waals surface area contributed by atoms with Crippen molar-refractivity contribution in [2.24, 2.45) is 17.4 Å². The maximum atomic E-state index is 10.3. The lowest BCUT2D eigenvalue weighted by Crippen LogP contribution is -2.12. The minimum atomic E-state index is -0.329. The number of hydrogen-bond acceptors (Lipinski definition) is 3. The fourth-order valence-electron chi connectivity index (χ4n) is 0.246. The van der Waals surface area contributed by atoms with Crippen LogP contribution in [0.5, 0.6) is 0 Å². The van der Waals surface area contributed by atoms with Crippen LogP contribution >= 0.6 is 0 Å². The molecule has 0 radical (unpaired) electrons. The van der Waals surface area contributed by atoms with Crippen molar-refractivity contribution in [3.63, 3.8) is 0 Å². The minimum absolute atomic E-state index is 0.329. The van der Waals surface area contributed by atoms with E-state index in [2.05, 4.69) is 11.7 Å². The van der Waals surface area contributed by atoms with E-state index in [1.165, 1.54) is 0 Å². The zero-order valence-electron chi connectivity index (χ0n) is 6.64. The van der Waals surface area contributed by atoms with Crippen molar-refractivity contribution in [1.29, 1.82) is 0 Å². The lowest BCUT2D eigenvalue weighted by molar-refractivity contribution is -0.114. The van der Waals surface area contributed by atoms with Gasteiger partial charge >= 0.3 is 0 Å². The Balaban J connectivity index is 0. The molecule has 4 heteroatoms. The number of nitrogens with two attached hydrogens (primary N) is 3. The summed E-state index contributed by atoms with van der Waals surface area (Å²) in [5, 5.41) is 0. The van der Waals surface area contributed by atoms with Crippen LogP contribution in [0, 0.1) is 0 Å². The molecule has 0 spiro atoms. The summed E-state index contributed by atoms with van der Waals surface area (Å²) in [4.78, 5) is 10.3. The van der Waals surface area contributed by atoms with Crippen LogP contribution in [0.4, 0.5) is 0 Å². The summed E-state index contributed by atoms with van der Waals surface area (Å²) < 4.78 is 0. The molecule has 0 aliphatic rings. The Labute approximate surface area is 61.0 Å². The quantitative estimate of drug-likeness (QED) is 0.267. The van der Waals surface area contributed by atoms with Gasteiger partial charge in [-0.15, -0.1) is 0 Å². The summed E-state index contributed by atoms with van der Waals surface area (Å²) in [7, 11) is 0. The molecule has 0 aliphatic heterocycles. The molecule has 0 heterocycles. The van der Waals surface area contributed by atoms with Crippen molar-refractivity contribution in [3.8, 4) is 0 Å². The smallest absolute Gasteiger partial charge is 0.244 e. The number of hydrazine groups is 1. The number of hydrogen-bond donors (Lipinski definition) is 3. The lowest BCUT2D eigenvalue weighted by atomic mass is 10.2. The van der Waals surface area contributed by atoms with Crippen LogP contribution in [0.15, 0.2) is 11.1 Å². The van der Waals surface area contributed by atoms with E-state index in [-0.39, 0.29) is 5.91 Å². The first kappa shape index (κ1) is 11.9. The molecule has 0 rings (SSSR count). The van der Waals surface area contributed by atoms with Crippen LogP contribution in [0.3, 0.4) is 0 Å². The summed E-state index contributed by atoms with van der Waals surface area (Å²) in [6.45, 7) is 5.44. The zero-order chi connectivity index (χ0) is 8.73. The van der Waals surface area contributed by atoms with E-state index in [0.717, 1.165) is 5.57 Å². The molecular formula is C6H15N3O. The average Bonchev–Trinajstić information content (AvgIpc) is 1.90. The second-order valence-electron chi connectivity index (χ2n) is 1.99. The average molecular weight is 145 g/mol. The monoisotopic (exact) mass is 145 g/mol. The van der Waals surface area contributed by atoms with Crippen molar-refractivity contribution < 1.29 is 4.79 Å². The SMILES string of the molecule is CC(C)=C(C)C(N)=O.NN. The maximum absolute atomic E-state index is 10.3. The second kappa shape index (κ2) is 6.25. The maximum Gasteiger partial charge on any atom is 0.244 e. The molecule has 0 aromatic rings. The molecule has 60 valence electrons. The first-order chi connectivity index (χ1) is 4.55. The van der Waals surface area contributed by atoms with Crippen molar-refractivity contribution in [2.75, 3.05) is 0 Å². The van der Waals surface area contributed by atoms with Gasteiger partial charge in [0, 0.05) is 5.57 Å². The Kier molecular flexibility index (Phi) is 7.42. The van der Waals surface area contributed by atoms with Crippen molar-refractivity contribution >= 4 is 5.91 Å². The number of carbonyl (C=O) groups excluding carboxylic acids is 1. The summed E-state index contributed by atoms with van der Waals surface area (Å²) in [6.07, 6.45) is 0. The van der Waals surface area contributed by atoms with Crippen LogP contribution < -0.4 is 17.4 Å². The fraction of sp³-hybridized carbons (Fsp3) is 0.500. The molecule has 0 saturated carbocycles. The number of allylic oxidation sites excluding steroid dienone is 1. The van der Waals surface area contributed by atoms with Crippen LogP contribution in [-0.4, -0.2) is 5.91 Å². The third-order valence-corrected chi connectivity index (χ3v) is 1.12. The van der Waals surface area contributed by atoms with Gasteiger partial charge in [0.05, 0.1) is 0 Å². The highest BCUT2D eigenvalue weighted by Crippen LogP contribution is 1.98. The van der Waals surface area contributed by atoms with Crippen LogP contribution in [0.2, 0.25) is 0 Å². The third kappa shape index (κ3) is 5.27. The van der Waals surface area contributed by atoms with Gasteiger partial charge in [-0.3, -0.25) is 16.5 Å². The topological polar surface area (TPSA) is 95.1 Å². The van der Waals surface area contributed by atoms with Gasteiger partial charge in [-0.2, -0.15) is 0 Å². The Bertz CT molecular complexity index is 136. The summed E-state index contributed by atoms with van der Waals surface area (Å²) >= 11 is 0. The lowest BCUT2D eigenvalue weighted by Gasteiger charge is -1.93. The Morgan fingerprint density at radius 2 is 1.40 bits per heavy atom. The first-order valence-electron chi connectivity index (χ1n) is 2.83. The third-order valence-electron chi connectivity index (χ3n) is 1.12. The van der Waals surface area contributed by atoms with Crippen LogP contribution in [0.25, 0.3) is 0 Å². The standard InChI is InChI=1S/C6H11NO.H4N2/c1-4(2)5(3)6(7)8;1-2/h1-3H3,(H2,7,8);1-2H2. The molecular weight excluding hydrogens is 130 g/mol. The molecule has 0 atom stereocenters. The summed E-state index contributed by atoms with van der Waals surface area (Å²) in [6, 6.07) is 0. The van der Waals surface area contributed by atoms with Gasteiger partial charge < -0.3 is 5.73 Å². The molecule has 10 heavy (non-hydrogen) atoms. The van der Waals surface area contributed by atoms with Crippen molar-refractivity contribution in [1.82, 2.24) is 0 Å². The van der Waals surface area contributed by atoms with Gasteiger partial charge in [-0.05, 0) is 20.8 Å². The first-order valence-corrected chi connectivity index (χ1v) is 2.83. The molecule has 0 fully saturated rings. The molecule has 4 nitrogen and oxygen atoms in total. The van der Waals surface area contributed by atoms with Gasteiger partial charge in [0.2, 0.25) is 5.91 Å². The van der Waals surface area contributed by atoms with Gasteiger partial charge in [-0.1, -0.05) is 5.57 Å². The predicted molar refractivity (Wildman–Crippen MR) is 41.6 cm³/mol. The normalized spacial score (nSPS) is 7.30. The van der Waals surface area contributed by atoms with E-state index in [9.17, 15) is 4.79 Å². The van der Waals surface area contributed by atoms with E-state index in [0.29, 0.717) is 5.57 Å². The van der Waals surface area contributed by atoms with Gasteiger partial charge in [0.25, 0.3) is 0 Å². The molecule has 6 N–H and O–H groups in total. The van der Waals surface area contributed by atoms with E-state index in [1.807, 2.05) is 13.8 Å². The van der Waals surface area contributed by atoms with Gasteiger partial charge in [-0.25, -0.2) is 0 Å². The molecule has 0 aromatic carbocycles. The van der Waals surface area contributed by atoms with E-state index in [4.69, 9.17) is 5.73 Å². The molecule has 0 aliphatic carbocycles. The Morgan fingerprint density at radius 3 is 1.40 bits per heavy atom. The molecule has 0 unspecified atom stereocenters. The predicted octanol–water partition coefficient (Wildman–Crippen LogP) is -0.353. The van der Waals surface area contributed by atoms with Crippen LogP contribution in [-0.2, 0) is 4.79 Å². The summed E-state index contributed by atoms with van der Waals surface area (Å²) in [5.41, 5.74) is 6.58. The fourth-order valence-corrected chi connectivity index (χ4v) is 0.246. The van der Waals surface area contributed by atoms with Gasteiger partial charge in [0.15, 0.2) is 0 Å². The van der Waals surface area contributed by atoms with E-state index in [1.54, 1.807) is 6.92 Å². The number of carbonyl (C=O) groups is 1. The molecule has 0 aromatic heterocycles. The minimum Gasteiger partial charge on any atom is -0.366 e. The Hall–Kier alpha value is -0.870. The largest absolute Gasteiger partial charge is 0.366 e. The van der Waals surface area contributed by atoms with Crippen LogP contribution in [0.1, 0.15) is 20.8 Å². The van der Waals surface area contributed by atoms with Crippen molar-refractivity contribution in [3.05, 3.63) is 11.1 Å². The number of rotatable bonds is 1. The van der Waals surface area contributed by atoms with Gasteiger partial charge in [0.1, 0.15) is 0 Å². The Morgan fingerprint density at radius 1 is 1.10 bits per heavy atom. The van der Waals surface area contributed by atoms with Crippen molar-refractivity contribution in [2.45, 2.75) is 20.8 Å². The highest BCUT2D eigenvalue weighted by atomic mass is 16.1. The zero-order valence-corrected chi connectivity index (χ0v) is 6.64. The molecule has 1 amide bonds.